The van der Waals surface area contributed by atoms with E-state index in [1.54, 1.807) is 54.7 Å². The molecule has 6 aromatic rings. The maximum atomic E-state index is 14.1. The van der Waals surface area contributed by atoms with E-state index in [2.05, 4.69) is 21.7 Å². The number of halogens is 2. The predicted octanol–water partition coefficient (Wildman–Crippen LogP) is 8.32. The fourth-order valence-corrected chi connectivity index (χ4v) is 7.72. The lowest BCUT2D eigenvalue weighted by atomic mass is 9.91. The highest BCUT2D eigenvalue weighted by atomic mass is 35.5. The molecule has 3 heterocycles. The summed E-state index contributed by atoms with van der Waals surface area (Å²) in [5.74, 6) is -0.828. The molecule has 1 aromatic heterocycles. The minimum atomic E-state index is -1.19. The number of aliphatic carboxylic acids is 1. The molecule has 5 aromatic carbocycles. The number of hydrogen-bond donors (Lipinski definition) is 3. The highest BCUT2D eigenvalue weighted by Crippen LogP contribution is 2.40. The maximum absolute atomic E-state index is 14.1. The number of nitriles is 1. The summed E-state index contributed by atoms with van der Waals surface area (Å²) < 4.78 is 12.2. The summed E-state index contributed by atoms with van der Waals surface area (Å²) in [4.78, 5) is 46.6. The Kier molecular flexibility index (Phi) is 11.8. The zero-order chi connectivity index (χ0) is 41.8. The van der Waals surface area contributed by atoms with Crippen molar-refractivity contribution in [2.45, 2.75) is 50.7 Å². The fourth-order valence-electron chi connectivity index (χ4n) is 7.40. The third-order valence-electron chi connectivity index (χ3n) is 10.6. The summed E-state index contributed by atoms with van der Waals surface area (Å²) in [6.07, 6.45) is 1.11. The average Bonchev–Trinajstić information content (AvgIpc) is 3.26. The van der Waals surface area contributed by atoms with Gasteiger partial charge in [-0.1, -0.05) is 83.9 Å². The van der Waals surface area contributed by atoms with Crippen molar-refractivity contribution in [3.05, 3.63) is 177 Å². The summed E-state index contributed by atoms with van der Waals surface area (Å²) >= 11 is 12.2. The zero-order valence-corrected chi connectivity index (χ0v) is 33.5. The monoisotopic (exact) mass is 837 g/mol. The van der Waals surface area contributed by atoms with Crippen LogP contribution in [-0.2, 0) is 46.9 Å². The molecule has 0 radical (unpaired) electrons. The van der Waals surface area contributed by atoms with Gasteiger partial charge in [-0.2, -0.15) is 5.26 Å². The lowest BCUT2D eigenvalue weighted by Gasteiger charge is -2.37. The van der Waals surface area contributed by atoms with Gasteiger partial charge in [-0.3, -0.25) is 19.5 Å². The summed E-state index contributed by atoms with van der Waals surface area (Å²) in [7, 11) is 0. The third-order valence-corrected chi connectivity index (χ3v) is 11.3. The van der Waals surface area contributed by atoms with Crippen LogP contribution in [0, 0.1) is 11.3 Å². The Labute approximate surface area is 356 Å². The Morgan fingerprint density at radius 1 is 0.917 bits per heavy atom. The molecule has 300 valence electrons. The number of benzene rings is 5. The molecule has 0 fully saturated rings. The van der Waals surface area contributed by atoms with Crippen molar-refractivity contribution in [3.8, 4) is 28.7 Å². The van der Waals surface area contributed by atoms with E-state index in [1.807, 2.05) is 77.7 Å². The Balaban J connectivity index is 0.972. The highest BCUT2D eigenvalue weighted by molar-refractivity contribution is 6.42. The maximum Gasteiger partial charge on any atom is 0.326 e. The smallest absolute Gasteiger partial charge is 0.326 e. The number of rotatable bonds is 12. The molecular weight excluding hydrogens is 801 g/mol. The molecule has 60 heavy (non-hydrogen) atoms. The number of fused-ring (bicyclic) bond motifs is 2. The molecule has 2 aliphatic heterocycles. The quantitative estimate of drug-likeness (QED) is 0.110. The first-order chi connectivity index (χ1) is 29.1. The van der Waals surface area contributed by atoms with Crippen molar-refractivity contribution in [2.24, 2.45) is 0 Å². The van der Waals surface area contributed by atoms with Crippen LogP contribution >= 0.6 is 23.2 Å². The number of nitrogens with one attached hydrogen (secondary N) is 2. The van der Waals surface area contributed by atoms with E-state index in [9.17, 15) is 19.5 Å². The summed E-state index contributed by atoms with van der Waals surface area (Å²) in [6.45, 7) is 0.967. The van der Waals surface area contributed by atoms with Crippen LogP contribution in [0.15, 0.2) is 128 Å². The highest BCUT2D eigenvalue weighted by Gasteiger charge is 2.37. The van der Waals surface area contributed by atoms with E-state index in [0.29, 0.717) is 51.4 Å². The van der Waals surface area contributed by atoms with Crippen LogP contribution in [0.5, 0.6) is 11.5 Å². The van der Waals surface area contributed by atoms with Crippen molar-refractivity contribution >= 4 is 46.7 Å². The predicted molar refractivity (Wildman–Crippen MR) is 227 cm³/mol. The molecule has 8 rings (SSSR count). The van der Waals surface area contributed by atoms with Crippen molar-refractivity contribution in [1.29, 1.82) is 5.26 Å². The number of amides is 2. The second-order valence-electron chi connectivity index (χ2n) is 14.6. The molecule has 3 N–H and O–H groups in total. The lowest BCUT2D eigenvalue weighted by Crippen LogP contribution is -2.54. The SMILES string of the molecule is N#Cc1ccc(-c2ccc(C[C@H](NC(=O)[C@@H]3Cc4cc5c(cc4CN3Cc3ccccn3)OC(c3ccc(OCc4ccc(Cl)c(Cl)c4)cc3)C(=O)N5)C(=O)O)cc2)cc1. The van der Waals surface area contributed by atoms with Gasteiger partial charge in [0.15, 0.2) is 0 Å². The second-order valence-corrected chi connectivity index (χ2v) is 15.5. The molecule has 0 saturated heterocycles. The Hall–Kier alpha value is -6.71. The minimum Gasteiger partial charge on any atom is -0.489 e. The molecular formula is C47H37Cl2N5O6. The van der Waals surface area contributed by atoms with Crippen LogP contribution in [0.1, 0.15) is 45.2 Å². The molecule has 13 heteroatoms. The van der Waals surface area contributed by atoms with Crippen LogP contribution in [0.3, 0.4) is 0 Å². The molecule has 3 atom stereocenters. The molecule has 2 aliphatic rings. The van der Waals surface area contributed by atoms with Crippen molar-refractivity contribution in [2.75, 3.05) is 5.32 Å². The first-order valence-electron chi connectivity index (χ1n) is 19.2. The van der Waals surface area contributed by atoms with Gasteiger partial charge in [0.2, 0.25) is 12.0 Å². The van der Waals surface area contributed by atoms with Gasteiger partial charge in [0, 0.05) is 31.3 Å². The number of aromatic nitrogens is 1. The Bertz CT molecular complexity index is 2600. The molecule has 0 saturated carbocycles. The topological polar surface area (TPSA) is 154 Å². The van der Waals surface area contributed by atoms with Gasteiger partial charge < -0.3 is 25.2 Å². The summed E-state index contributed by atoms with van der Waals surface area (Å²) in [5, 5.41) is 26.1. The number of carboxylic acid groups (broad SMARTS) is 1. The van der Waals surface area contributed by atoms with Gasteiger partial charge in [0.05, 0.1) is 39.1 Å². The van der Waals surface area contributed by atoms with Gasteiger partial charge in [-0.25, -0.2) is 4.79 Å². The van der Waals surface area contributed by atoms with Crippen LogP contribution in [0.2, 0.25) is 10.0 Å². The number of ether oxygens (including phenoxy) is 2. The largest absolute Gasteiger partial charge is 0.489 e. The van der Waals surface area contributed by atoms with Gasteiger partial charge in [-0.05, 0) is 100 Å². The number of carbonyl (C=O) groups excluding carboxylic acids is 2. The van der Waals surface area contributed by atoms with Crippen LogP contribution in [0.4, 0.5) is 5.69 Å². The normalized spacial score (nSPS) is 16.2. The number of carbonyl (C=O) groups is 3. The molecule has 0 spiro atoms. The molecule has 0 bridgehead atoms. The molecule has 0 aliphatic carbocycles. The van der Waals surface area contributed by atoms with E-state index in [1.165, 1.54) is 0 Å². The van der Waals surface area contributed by atoms with Gasteiger partial charge in [-0.15, -0.1) is 0 Å². The van der Waals surface area contributed by atoms with E-state index in [4.69, 9.17) is 37.9 Å². The first-order valence-corrected chi connectivity index (χ1v) is 19.9. The molecule has 1 unspecified atom stereocenters. The number of anilines is 1. The van der Waals surface area contributed by atoms with Crippen LogP contribution < -0.4 is 20.1 Å². The van der Waals surface area contributed by atoms with Crippen molar-refractivity contribution in [3.63, 3.8) is 0 Å². The van der Waals surface area contributed by atoms with E-state index in [0.717, 1.165) is 39.1 Å². The Morgan fingerprint density at radius 3 is 2.33 bits per heavy atom. The molecule has 2 amide bonds. The van der Waals surface area contributed by atoms with Crippen molar-refractivity contribution < 1.29 is 29.0 Å². The van der Waals surface area contributed by atoms with E-state index >= 15 is 0 Å². The average molecular weight is 839 g/mol. The molecule has 11 nitrogen and oxygen atoms in total. The van der Waals surface area contributed by atoms with Crippen molar-refractivity contribution in [1.82, 2.24) is 15.2 Å². The standard InChI is InChI=1S/C47H37Cl2N5O6/c48-38-17-8-30(19-39(38)49)27-59-37-15-13-33(14-16-37)44-46(56)52-40-21-34-22-42(54(25-35(34)23-43(40)60-44)26-36-3-1-2-18-51-36)45(55)53-41(47(57)58)20-28-4-9-31(10-5-28)32-11-6-29(24-50)7-12-32/h1-19,21,23,41-42,44H,20,22,25-27H2,(H,52,56)(H,53,55)(H,57,58)/t41-,42-,44?/m0/s1. The van der Waals surface area contributed by atoms with E-state index < -0.39 is 30.1 Å². The zero-order valence-electron chi connectivity index (χ0n) is 32.0. The van der Waals surface area contributed by atoms with Gasteiger partial charge >= 0.3 is 5.97 Å². The van der Waals surface area contributed by atoms with Crippen LogP contribution in [-0.4, -0.2) is 44.9 Å². The number of pyridine rings is 1. The van der Waals surface area contributed by atoms with Crippen LogP contribution in [0.25, 0.3) is 11.1 Å². The Morgan fingerprint density at radius 2 is 1.65 bits per heavy atom. The van der Waals surface area contributed by atoms with E-state index in [-0.39, 0.29) is 25.4 Å². The number of carboxylic acids is 1. The fraction of sp³-hybridized carbons (Fsp3) is 0.170. The third kappa shape index (κ3) is 9.12. The second kappa shape index (κ2) is 17.6. The number of nitrogens with zero attached hydrogens (tertiary/aromatic N) is 3. The van der Waals surface area contributed by atoms with Gasteiger partial charge in [0.1, 0.15) is 24.1 Å². The first kappa shape index (κ1) is 40.1. The van der Waals surface area contributed by atoms with Gasteiger partial charge in [0.25, 0.3) is 5.91 Å². The minimum absolute atomic E-state index is 0.0742. The number of hydrogen-bond acceptors (Lipinski definition) is 8. The summed E-state index contributed by atoms with van der Waals surface area (Å²) in [6, 6.07) is 36.6. The lowest BCUT2D eigenvalue weighted by molar-refractivity contribution is -0.142. The summed E-state index contributed by atoms with van der Waals surface area (Å²) in [5.41, 5.74) is 7.63.